The quantitative estimate of drug-likeness (QED) is 0.617. The zero-order valence-electron chi connectivity index (χ0n) is 7.61. The number of nitrogens with zero attached hydrogens (tertiary/aromatic N) is 2. The first-order chi connectivity index (χ1) is 6.16. The zero-order valence-corrected chi connectivity index (χ0v) is 7.61. The van der Waals surface area contributed by atoms with Crippen LogP contribution < -0.4 is 0 Å². The van der Waals surface area contributed by atoms with E-state index in [2.05, 4.69) is 5.10 Å². The average molecular weight is 174 g/mol. The highest BCUT2D eigenvalue weighted by atomic mass is 16.1. The predicted molar refractivity (Wildman–Crippen MR) is 50.7 cm³/mol. The van der Waals surface area contributed by atoms with Crippen LogP contribution in [0.25, 0.3) is 10.9 Å². The maximum atomic E-state index is 11.1. The van der Waals surface area contributed by atoms with Gasteiger partial charge in [0.25, 0.3) is 0 Å². The summed E-state index contributed by atoms with van der Waals surface area (Å²) in [7, 11) is 1.87. The lowest BCUT2D eigenvalue weighted by atomic mass is 10.1. The van der Waals surface area contributed by atoms with Crippen LogP contribution >= 0.6 is 0 Å². The van der Waals surface area contributed by atoms with Crippen LogP contribution in [0.2, 0.25) is 0 Å². The van der Waals surface area contributed by atoms with Gasteiger partial charge in [-0.05, 0) is 13.0 Å². The predicted octanol–water partition coefficient (Wildman–Crippen LogP) is 1.78. The summed E-state index contributed by atoms with van der Waals surface area (Å²) in [6, 6.07) is 5.56. The van der Waals surface area contributed by atoms with Gasteiger partial charge in [0.1, 0.15) is 0 Å². The van der Waals surface area contributed by atoms with Gasteiger partial charge in [0.05, 0.1) is 5.52 Å². The van der Waals surface area contributed by atoms with E-state index >= 15 is 0 Å². The minimum Gasteiger partial charge on any atom is -0.295 e. The second-order valence-corrected chi connectivity index (χ2v) is 3.13. The molecule has 0 fully saturated rings. The molecule has 0 atom stereocenters. The Morgan fingerprint density at radius 1 is 1.46 bits per heavy atom. The lowest BCUT2D eigenvalue weighted by molar-refractivity contribution is 0.101. The fourth-order valence-electron chi connectivity index (χ4n) is 1.36. The number of rotatable bonds is 1. The summed E-state index contributed by atoms with van der Waals surface area (Å²) >= 11 is 0. The normalized spacial score (nSPS) is 10.6. The molecule has 0 aliphatic heterocycles. The minimum absolute atomic E-state index is 0.0764. The maximum absolute atomic E-state index is 11.1. The maximum Gasteiger partial charge on any atom is 0.159 e. The molecule has 3 nitrogen and oxygen atoms in total. The summed E-state index contributed by atoms with van der Waals surface area (Å²) in [4.78, 5) is 11.1. The number of hydrogen-bond acceptors (Lipinski definition) is 2. The van der Waals surface area contributed by atoms with Crippen molar-refractivity contribution in [3.63, 3.8) is 0 Å². The Morgan fingerprint density at radius 3 is 2.92 bits per heavy atom. The van der Waals surface area contributed by atoms with E-state index in [-0.39, 0.29) is 5.78 Å². The van der Waals surface area contributed by atoms with Crippen LogP contribution in [0, 0.1) is 0 Å². The molecule has 0 spiro atoms. The Hall–Kier alpha value is -1.64. The standard InChI is InChI=1S/C10H10N2O/c1-7(13)8-3-4-9-6-12(2)11-10(9)5-8/h3-6H,1-2H3. The topological polar surface area (TPSA) is 34.9 Å². The minimum atomic E-state index is 0.0764. The highest BCUT2D eigenvalue weighted by Crippen LogP contribution is 2.13. The average Bonchev–Trinajstić information content (AvgIpc) is 2.42. The molecule has 2 aromatic rings. The first-order valence-corrected chi connectivity index (χ1v) is 4.11. The van der Waals surface area contributed by atoms with Crippen LogP contribution in [0.1, 0.15) is 17.3 Å². The monoisotopic (exact) mass is 174 g/mol. The van der Waals surface area contributed by atoms with Crippen molar-refractivity contribution >= 4 is 16.7 Å². The lowest BCUT2D eigenvalue weighted by Gasteiger charge is -1.92. The molecule has 0 aliphatic rings. The molecule has 0 aliphatic carbocycles. The molecule has 66 valence electrons. The van der Waals surface area contributed by atoms with Gasteiger partial charge < -0.3 is 0 Å². The van der Waals surface area contributed by atoms with Crippen molar-refractivity contribution in [1.29, 1.82) is 0 Å². The van der Waals surface area contributed by atoms with E-state index in [1.165, 1.54) is 0 Å². The van der Waals surface area contributed by atoms with Crippen LogP contribution in [0.4, 0.5) is 0 Å². The van der Waals surface area contributed by atoms with E-state index in [4.69, 9.17) is 0 Å². The van der Waals surface area contributed by atoms with Gasteiger partial charge in [-0.2, -0.15) is 5.10 Å². The number of carbonyl (C=O) groups is 1. The third-order valence-corrected chi connectivity index (χ3v) is 2.03. The van der Waals surface area contributed by atoms with Crippen LogP contribution in [0.5, 0.6) is 0 Å². The molecule has 13 heavy (non-hydrogen) atoms. The largest absolute Gasteiger partial charge is 0.295 e. The first-order valence-electron chi connectivity index (χ1n) is 4.11. The molecule has 0 unspecified atom stereocenters. The molecular weight excluding hydrogens is 164 g/mol. The van der Waals surface area contributed by atoms with Crippen molar-refractivity contribution in [2.45, 2.75) is 6.92 Å². The number of aryl methyl sites for hydroxylation is 1. The van der Waals surface area contributed by atoms with E-state index < -0.39 is 0 Å². The summed E-state index contributed by atoms with van der Waals surface area (Å²) in [5, 5.41) is 5.28. The molecule has 1 heterocycles. The van der Waals surface area contributed by atoms with Gasteiger partial charge in [0.15, 0.2) is 5.78 Å². The highest BCUT2D eigenvalue weighted by molar-refractivity contribution is 5.97. The van der Waals surface area contributed by atoms with E-state index in [9.17, 15) is 4.79 Å². The summed E-state index contributed by atoms with van der Waals surface area (Å²) in [5.74, 6) is 0.0764. The number of Topliss-reactive ketones (excluding diaryl/α,β-unsaturated/α-hetero) is 1. The van der Waals surface area contributed by atoms with E-state index in [1.807, 2.05) is 31.4 Å². The highest BCUT2D eigenvalue weighted by Gasteiger charge is 2.02. The van der Waals surface area contributed by atoms with Crippen molar-refractivity contribution < 1.29 is 4.79 Å². The van der Waals surface area contributed by atoms with Gasteiger partial charge in [-0.15, -0.1) is 0 Å². The summed E-state index contributed by atoms with van der Waals surface area (Å²) in [5.41, 5.74) is 1.58. The van der Waals surface area contributed by atoms with Gasteiger partial charge in [0.2, 0.25) is 0 Å². The zero-order chi connectivity index (χ0) is 9.42. The van der Waals surface area contributed by atoms with Gasteiger partial charge in [-0.1, -0.05) is 12.1 Å². The molecule has 2 rings (SSSR count). The number of carbonyl (C=O) groups excluding carboxylic acids is 1. The number of hydrogen-bond donors (Lipinski definition) is 0. The lowest BCUT2D eigenvalue weighted by Crippen LogP contribution is -1.90. The second-order valence-electron chi connectivity index (χ2n) is 3.13. The van der Waals surface area contributed by atoms with Crippen LogP contribution in [0.15, 0.2) is 24.4 Å². The third-order valence-electron chi connectivity index (χ3n) is 2.03. The van der Waals surface area contributed by atoms with E-state index in [0.717, 1.165) is 10.9 Å². The van der Waals surface area contributed by atoms with E-state index in [1.54, 1.807) is 11.6 Å². The fraction of sp³-hybridized carbons (Fsp3) is 0.200. The molecule has 0 amide bonds. The molecule has 0 saturated heterocycles. The number of ketones is 1. The summed E-state index contributed by atoms with van der Waals surface area (Å²) in [6.45, 7) is 1.56. The molecule has 1 aromatic carbocycles. The molecule has 3 heteroatoms. The van der Waals surface area contributed by atoms with Crippen molar-refractivity contribution in [3.05, 3.63) is 30.0 Å². The summed E-state index contributed by atoms with van der Waals surface area (Å²) in [6.07, 6.45) is 1.93. The number of benzene rings is 1. The molecule has 0 N–H and O–H groups in total. The Bertz CT molecular complexity index is 471. The van der Waals surface area contributed by atoms with Crippen LogP contribution in [-0.4, -0.2) is 15.6 Å². The van der Waals surface area contributed by atoms with Gasteiger partial charge >= 0.3 is 0 Å². The molecular formula is C10H10N2O. The third kappa shape index (κ3) is 1.33. The molecule has 0 radical (unpaired) electrons. The Balaban J connectivity index is 2.67. The van der Waals surface area contributed by atoms with Crippen molar-refractivity contribution in [1.82, 2.24) is 9.78 Å². The first kappa shape index (κ1) is 7.98. The fourth-order valence-corrected chi connectivity index (χ4v) is 1.36. The smallest absolute Gasteiger partial charge is 0.159 e. The van der Waals surface area contributed by atoms with Crippen molar-refractivity contribution in [3.8, 4) is 0 Å². The van der Waals surface area contributed by atoms with Crippen LogP contribution in [-0.2, 0) is 7.05 Å². The van der Waals surface area contributed by atoms with E-state index in [0.29, 0.717) is 5.56 Å². The Kier molecular flexibility index (Phi) is 1.65. The van der Waals surface area contributed by atoms with Gasteiger partial charge in [0, 0.05) is 24.2 Å². The summed E-state index contributed by atoms with van der Waals surface area (Å²) < 4.78 is 1.74. The SMILES string of the molecule is CC(=O)c1ccc2cn(C)nc2c1. The molecule has 0 saturated carbocycles. The number of aromatic nitrogens is 2. The van der Waals surface area contributed by atoms with Gasteiger partial charge in [-0.25, -0.2) is 0 Å². The molecule has 0 bridgehead atoms. The molecule has 1 aromatic heterocycles. The second kappa shape index (κ2) is 2.69. The van der Waals surface area contributed by atoms with Crippen molar-refractivity contribution in [2.75, 3.05) is 0 Å². The number of fused-ring (bicyclic) bond motifs is 1. The van der Waals surface area contributed by atoms with Gasteiger partial charge in [-0.3, -0.25) is 9.48 Å². The Morgan fingerprint density at radius 2 is 2.23 bits per heavy atom. The Labute approximate surface area is 76.0 Å². The van der Waals surface area contributed by atoms with Crippen molar-refractivity contribution in [2.24, 2.45) is 7.05 Å². The van der Waals surface area contributed by atoms with Crippen LogP contribution in [0.3, 0.4) is 0 Å².